The van der Waals surface area contributed by atoms with Gasteiger partial charge >= 0.3 is 0 Å². The predicted octanol–water partition coefficient (Wildman–Crippen LogP) is 5.69. The topological polar surface area (TPSA) is 43.2 Å². The molecule has 4 nitrogen and oxygen atoms in total. The number of hydrogen-bond acceptors (Lipinski definition) is 4. The lowest BCUT2D eigenvalue weighted by Gasteiger charge is -2.39. The second kappa shape index (κ2) is 7.40. The molecule has 2 fully saturated rings. The largest absolute Gasteiger partial charge is 0.472 e. The van der Waals surface area contributed by atoms with Gasteiger partial charge in [0.15, 0.2) is 11.8 Å². The summed E-state index contributed by atoms with van der Waals surface area (Å²) >= 11 is 0. The SMILES string of the molecule is CC(C)[C@@H]1N=C(CC2=N[C@@H](C(C)C)C3(CCCCC3)O2)OC12CCCCC2. The molecule has 2 saturated carbocycles. The lowest BCUT2D eigenvalue weighted by atomic mass is 9.76. The Morgan fingerprint density at radius 1 is 0.704 bits per heavy atom. The molecule has 0 aromatic rings. The van der Waals surface area contributed by atoms with Gasteiger partial charge < -0.3 is 9.47 Å². The molecule has 4 aliphatic rings. The summed E-state index contributed by atoms with van der Waals surface area (Å²) in [5.41, 5.74) is -0.109. The molecule has 0 amide bonds. The maximum Gasteiger partial charge on any atom is 0.193 e. The zero-order chi connectivity index (χ0) is 19.1. The molecule has 0 saturated heterocycles. The van der Waals surface area contributed by atoms with Gasteiger partial charge in [-0.2, -0.15) is 0 Å². The number of hydrogen-bond donors (Lipinski definition) is 0. The minimum atomic E-state index is -0.0547. The van der Waals surface area contributed by atoms with Gasteiger partial charge in [0.2, 0.25) is 0 Å². The van der Waals surface area contributed by atoms with E-state index in [1.165, 1.54) is 38.5 Å². The third kappa shape index (κ3) is 3.53. The molecule has 2 aliphatic carbocycles. The van der Waals surface area contributed by atoms with Crippen LogP contribution in [0.2, 0.25) is 0 Å². The van der Waals surface area contributed by atoms with E-state index in [1.807, 2.05) is 0 Å². The van der Waals surface area contributed by atoms with E-state index in [-0.39, 0.29) is 11.2 Å². The van der Waals surface area contributed by atoms with Crippen molar-refractivity contribution in [2.24, 2.45) is 21.8 Å². The Morgan fingerprint density at radius 2 is 1.07 bits per heavy atom. The first-order valence-corrected chi connectivity index (χ1v) is 11.5. The molecule has 2 atom stereocenters. The Bertz CT molecular complexity index is 543. The van der Waals surface area contributed by atoms with E-state index in [0.717, 1.165) is 37.5 Å². The van der Waals surface area contributed by atoms with Gasteiger partial charge in [-0.15, -0.1) is 0 Å². The molecular formula is C23H38N2O2. The van der Waals surface area contributed by atoms with Crippen molar-refractivity contribution in [1.29, 1.82) is 0 Å². The summed E-state index contributed by atoms with van der Waals surface area (Å²) in [5, 5.41) is 0. The second-order valence-corrected chi connectivity index (χ2v) is 10.1. The minimum absolute atomic E-state index is 0.0547. The molecule has 4 heteroatoms. The Morgan fingerprint density at radius 3 is 1.41 bits per heavy atom. The Balaban J connectivity index is 1.50. The van der Waals surface area contributed by atoms with Gasteiger partial charge in [-0.3, -0.25) is 0 Å². The van der Waals surface area contributed by atoms with Crippen LogP contribution < -0.4 is 0 Å². The molecule has 0 radical (unpaired) electrons. The maximum absolute atomic E-state index is 6.59. The average molecular weight is 375 g/mol. The average Bonchev–Trinajstić information content (AvgIpc) is 3.15. The van der Waals surface area contributed by atoms with Crippen molar-refractivity contribution in [3.8, 4) is 0 Å². The van der Waals surface area contributed by atoms with Crippen LogP contribution in [0.1, 0.15) is 98.3 Å². The maximum atomic E-state index is 6.59. The number of rotatable bonds is 4. The highest BCUT2D eigenvalue weighted by Crippen LogP contribution is 2.45. The van der Waals surface area contributed by atoms with Crippen LogP contribution >= 0.6 is 0 Å². The highest BCUT2D eigenvalue weighted by atomic mass is 16.5. The molecule has 2 heterocycles. The summed E-state index contributed by atoms with van der Waals surface area (Å²) in [4.78, 5) is 10.1. The summed E-state index contributed by atoms with van der Waals surface area (Å²) in [6.45, 7) is 9.14. The van der Waals surface area contributed by atoms with Crippen molar-refractivity contribution >= 4 is 11.8 Å². The van der Waals surface area contributed by atoms with Crippen LogP contribution in [0, 0.1) is 11.8 Å². The smallest absolute Gasteiger partial charge is 0.193 e. The molecule has 0 aromatic carbocycles. The summed E-state index contributed by atoms with van der Waals surface area (Å²) in [7, 11) is 0. The zero-order valence-electron chi connectivity index (χ0n) is 17.8. The lowest BCUT2D eigenvalue weighted by molar-refractivity contribution is -0.0000825. The van der Waals surface area contributed by atoms with Crippen LogP contribution in [0.15, 0.2) is 9.98 Å². The van der Waals surface area contributed by atoms with Crippen molar-refractivity contribution < 1.29 is 9.47 Å². The first-order valence-electron chi connectivity index (χ1n) is 11.5. The van der Waals surface area contributed by atoms with Crippen LogP contribution in [-0.2, 0) is 9.47 Å². The van der Waals surface area contributed by atoms with Crippen LogP contribution in [0.3, 0.4) is 0 Å². The number of nitrogens with zero attached hydrogens (tertiary/aromatic N) is 2. The first-order chi connectivity index (χ1) is 12.9. The number of ether oxygens (including phenoxy) is 2. The van der Waals surface area contributed by atoms with Crippen LogP contribution in [0.25, 0.3) is 0 Å². The van der Waals surface area contributed by atoms with Gasteiger partial charge in [-0.25, -0.2) is 9.98 Å². The fourth-order valence-corrected chi connectivity index (χ4v) is 6.09. The van der Waals surface area contributed by atoms with Gasteiger partial charge in [0.25, 0.3) is 0 Å². The standard InChI is InChI=1S/C23H38N2O2/c1-16(2)20-22(11-7-5-8-12-22)26-18(24-20)15-19-25-21(17(3)4)23(27-19)13-9-6-10-14-23/h16-17,20-21H,5-15H2,1-4H3/t20-,21-/m0/s1. The second-order valence-electron chi connectivity index (χ2n) is 10.1. The van der Waals surface area contributed by atoms with Gasteiger partial charge in [0.1, 0.15) is 11.2 Å². The molecule has 152 valence electrons. The Kier molecular flexibility index (Phi) is 5.28. The van der Waals surface area contributed by atoms with Crippen molar-refractivity contribution in [2.45, 2.75) is 122 Å². The van der Waals surface area contributed by atoms with Gasteiger partial charge in [0, 0.05) is 0 Å². The molecular weight excluding hydrogens is 336 g/mol. The summed E-state index contributed by atoms with van der Waals surface area (Å²) in [6.07, 6.45) is 13.0. The monoisotopic (exact) mass is 374 g/mol. The fourth-order valence-electron chi connectivity index (χ4n) is 6.09. The molecule has 2 aliphatic heterocycles. The highest BCUT2D eigenvalue weighted by molar-refractivity contribution is 5.99. The third-order valence-electron chi connectivity index (χ3n) is 7.25. The molecule has 2 spiro atoms. The van der Waals surface area contributed by atoms with E-state index in [2.05, 4.69) is 27.7 Å². The van der Waals surface area contributed by atoms with Gasteiger partial charge in [0.05, 0.1) is 18.5 Å². The van der Waals surface area contributed by atoms with E-state index in [9.17, 15) is 0 Å². The third-order valence-corrected chi connectivity index (χ3v) is 7.25. The van der Waals surface area contributed by atoms with E-state index in [0.29, 0.717) is 30.3 Å². The summed E-state index contributed by atoms with van der Waals surface area (Å²) in [6, 6.07) is 0.582. The number of aliphatic imine (C=N–C) groups is 2. The molecule has 0 bridgehead atoms. The first kappa shape index (κ1) is 19.3. The van der Waals surface area contributed by atoms with E-state index in [1.54, 1.807) is 0 Å². The Hall–Kier alpha value is -1.06. The fraction of sp³-hybridized carbons (Fsp3) is 0.913. The predicted molar refractivity (Wildman–Crippen MR) is 111 cm³/mol. The van der Waals surface area contributed by atoms with Gasteiger partial charge in [-0.1, -0.05) is 40.5 Å². The van der Waals surface area contributed by atoms with E-state index in [4.69, 9.17) is 19.5 Å². The minimum Gasteiger partial charge on any atom is -0.472 e. The van der Waals surface area contributed by atoms with E-state index >= 15 is 0 Å². The lowest BCUT2D eigenvalue weighted by Crippen LogP contribution is -2.45. The molecule has 0 unspecified atom stereocenters. The normalized spacial score (nSPS) is 31.9. The molecule has 27 heavy (non-hydrogen) atoms. The quantitative estimate of drug-likeness (QED) is 0.634. The van der Waals surface area contributed by atoms with Crippen LogP contribution in [-0.4, -0.2) is 35.1 Å². The molecule has 0 N–H and O–H groups in total. The van der Waals surface area contributed by atoms with E-state index < -0.39 is 0 Å². The van der Waals surface area contributed by atoms with Crippen molar-refractivity contribution in [3.05, 3.63) is 0 Å². The summed E-state index contributed by atoms with van der Waals surface area (Å²) < 4.78 is 13.2. The van der Waals surface area contributed by atoms with Gasteiger partial charge in [-0.05, 0) is 63.2 Å². The van der Waals surface area contributed by atoms with Crippen LogP contribution in [0.4, 0.5) is 0 Å². The zero-order valence-corrected chi connectivity index (χ0v) is 17.8. The highest BCUT2D eigenvalue weighted by Gasteiger charge is 2.51. The van der Waals surface area contributed by atoms with Crippen molar-refractivity contribution in [3.63, 3.8) is 0 Å². The van der Waals surface area contributed by atoms with Crippen molar-refractivity contribution in [2.75, 3.05) is 0 Å². The molecule has 0 aromatic heterocycles. The van der Waals surface area contributed by atoms with Crippen molar-refractivity contribution in [1.82, 2.24) is 0 Å². The Labute approximate surface area is 165 Å². The molecule has 4 rings (SSSR count). The van der Waals surface area contributed by atoms with Crippen LogP contribution in [0.5, 0.6) is 0 Å². The summed E-state index contributed by atoms with van der Waals surface area (Å²) in [5.74, 6) is 2.79.